The van der Waals surface area contributed by atoms with Gasteiger partial charge in [0.25, 0.3) is 0 Å². The van der Waals surface area contributed by atoms with Crippen LogP contribution in [-0.2, 0) is 4.79 Å². The maximum absolute atomic E-state index is 11.6. The van der Waals surface area contributed by atoms with E-state index in [4.69, 9.17) is 0 Å². The molecule has 0 bridgehead atoms. The summed E-state index contributed by atoms with van der Waals surface area (Å²) in [5, 5.41) is 11.8. The second-order valence-electron chi connectivity index (χ2n) is 6.37. The summed E-state index contributed by atoms with van der Waals surface area (Å²) in [6, 6.07) is 8.31. The number of aliphatic carboxylic acids is 1. The zero-order valence-corrected chi connectivity index (χ0v) is 13.6. The maximum atomic E-state index is 11.6. The summed E-state index contributed by atoms with van der Waals surface area (Å²) >= 11 is 0. The molecule has 1 saturated heterocycles. The first-order chi connectivity index (χ1) is 11.2. The molecule has 1 aliphatic heterocycles. The number of carboxylic acids is 1. The van der Waals surface area contributed by atoms with Gasteiger partial charge in [0.05, 0.1) is 0 Å². The first kappa shape index (κ1) is 15.9. The van der Waals surface area contributed by atoms with Gasteiger partial charge in [-0.05, 0) is 48.9 Å². The van der Waals surface area contributed by atoms with Gasteiger partial charge in [0, 0.05) is 23.8 Å². The second-order valence-corrected chi connectivity index (χ2v) is 6.37. The Hall–Kier alpha value is -1.94. The van der Waals surface area contributed by atoms with Crippen molar-refractivity contribution in [1.82, 2.24) is 9.88 Å². The summed E-state index contributed by atoms with van der Waals surface area (Å²) in [5.74, 6) is -0.686. The topological polar surface area (TPSA) is 53.4 Å². The molecule has 2 heterocycles. The third-order valence-electron chi connectivity index (χ3n) is 4.86. The van der Waals surface area contributed by atoms with Crippen molar-refractivity contribution in [3.05, 3.63) is 42.2 Å². The monoisotopic (exact) mass is 312 g/mol. The lowest BCUT2D eigenvalue weighted by Gasteiger charge is -2.32. The number of carbonyl (C=O) groups is 1. The fraction of sp³-hybridized carbons (Fsp3) is 0.474. The Balaban J connectivity index is 1.95. The van der Waals surface area contributed by atoms with Gasteiger partial charge in [0.2, 0.25) is 0 Å². The van der Waals surface area contributed by atoms with Gasteiger partial charge in [-0.1, -0.05) is 31.9 Å². The number of nitrogens with zero attached hydrogens (tertiary/aromatic N) is 2. The van der Waals surface area contributed by atoms with E-state index < -0.39 is 5.97 Å². The molecule has 3 rings (SSSR count). The molecule has 1 aromatic carbocycles. The number of rotatable bonds is 6. The van der Waals surface area contributed by atoms with Crippen molar-refractivity contribution >= 4 is 16.7 Å². The molecule has 4 nitrogen and oxygen atoms in total. The average Bonchev–Trinajstić information content (AvgIpc) is 3.05. The number of benzene rings is 1. The van der Waals surface area contributed by atoms with Crippen molar-refractivity contribution in [2.75, 3.05) is 6.54 Å². The quantitative estimate of drug-likeness (QED) is 0.875. The molecule has 0 amide bonds. The molecule has 23 heavy (non-hydrogen) atoms. The summed E-state index contributed by atoms with van der Waals surface area (Å²) in [6.07, 6.45) is 8.66. The predicted molar refractivity (Wildman–Crippen MR) is 91.4 cm³/mol. The van der Waals surface area contributed by atoms with Crippen LogP contribution in [0.25, 0.3) is 10.8 Å². The van der Waals surface area contributed by atoms with Crippen LogP contribution in [0, 0.1) is 0 Å². The molecule has 2 unspecified atom stereocenters. The summed E-state index contributed by atoms with van der Waals surface area (Å²) in [5.41, 5.74) is 1.23. The van der Waals surface area contributed by atoms with Crippen molar-refractivity contribution in [3.63, 3.8) is 0 Å². The third kappa shape index (κ3) is 3.37. The van der Waals surface area contributed by atoms with E-state index in [0.717, 1.165) is 44.0 Å². The molecular weight excluding hydrogens is 288 g/mol. The van der Waals surface area contributed by atoms with Gasteiger partial charge in [0.15, 0.2) is 0 Å². The van der Waals surface area contributed by atoms with Crippen LogP contribution in [0.15, 0.2) is 36.7 Å². The zero-order chi connectivity index (χ0) is 16.2. The van der Waals surface area contributed by atoms with E-state index in [1.807, 2.05) is 18.5 Å². The largest absolute Gasteiger partial charge is 0.480 e. The summed E-state index contributed by atoms with van der Waals surface area (Å²) in [7, 11) is 0. The van der Waals surface area contributed by atoms with E-state index >= 15 is 0 Å². The Morgan fingerprint density at radius 1 is 1.39 bits per heavy atom. The Kier molecular flexibility index (Phi) is 4.91. The predicted octanol–water partition coefficient (Wildman–Crippen LogP) is 4.02. The van der Waals surface area contributed by atoms with E-state index in [9.17, 15) is 9.90 Å². The van der Waals surface area contributed by atoms with Gasteiger partial charge in [-0.2, -0.15) is 0 Å². The maximum Gasteiger partial charge on any atom is 0.320 e. The number of hydrogen-bond donors (Lipinski definition) is 1. The van der Waals surface area contributed by atoms with Crippen LogP contribution >= 0.6 is 0 Å². The smallest absolute Gasteiger partial charge is 0.320 e. The van der Waals surface area contributed by atoms with Crippen LogP contribution in [-0.4, -0.2) is 33.5 Å². The Labute approximate surface area is 137 Å². The van der Waals surface area contributed by atoms with E-state index in [0.29, 0.717) is 0 Å². The van der Waals surface area contributed by atoms with Crippen LogP contribution < -0.4 is 0 Å². The summed E-state index contributed by atoms with van der Waals surface area (Å²) in [4.78, 5) is 17.9. The highest BCUT2D eigenvalue weighted by Gasteiger charge is 2.35. The minimum Gasteiger partial charge on any atom is -0.480 e. The van der Waals surface area contributed by atoms with E-state index in [2.05, 4.69) is 35.0 Å². The van der Waals surface area contributed by atoms with E-state index in [1.54, 1.807) is 0 Å². The average molecular weight is 312 g/mol. The first-order valence-corrected chi connectivity index (χ1v) is 8.53. The SMILES string of the molecule is CCCCC(c1ccc2cnccc2c1)N1CCCC1C(=O)O. The number of hydrogen-bond acceptors (Lipinski definition) is 3. The number of unbranched alkanes of at least 4 members (excludes halogenated alkanes) is 1. The Bertz CT molecular complexity index is 686. The van der Waals surface area contributed by atoms with Crippen molar-refractivity contribution in [1.29, 1.82) is 0 Å². The van der Waals surface area contributed by atoms with Crippen LogP contribution in [0.1, 0.15) is 50.6 Å². The molecule has 1 fully saturated rings. The molecule has 0 aliphatic carbocycles. The minimum atomic E-state index is -0.686. The number of carboxylic acid groups (broad SMARTS) is 1. The van der Waals surface area contributed by atoms with Gasteiger partial charge in [0.1, 0.15) is 6.04 Å². The lowest BCUT2D eigenvalue weighted by molar-refractivity contribution is -0.143. The Morgan fingerprint density at radius 3 is 3.04 bits per heavy atom. The first-order valence-electron chi connectivity index (χ1n) is 8.53. The molecule has 0 spiro atoms. The highest BCUT2D eigenvalue weighted by atomic mass is 16.4. The number of fused-ring (bicyclic) bond motifs is 1. The van der Waals surface area contributed by atoms with Crippen molar-refractivity contribution in [2.24, 2.45) is 0 Å². The van der Waals surface area contributed by atoms with Gasteiger partial charge in [-0.15, -0.1) is 0 Å². The number of likely N-dealkylation sites (tertiary alicyclic amines) is 1. The lowest BCUT2D eigenvalue weighted by Crippen LogP contribution is -2.38. The van der Waals surface area contributed by atoms with Gasteiger partial charge in [-0.25, -0.2) is 0 Å². The molecule has 2 aromatic rings. The number of aromatic nitrogens is 1. The molecule has 4 heteroatoms. The van der Waals surface area contributed by atoms with Gasteiger partial charge >= 0.3 is 5.97 Å². The molecule has 2 atom stereocenters. The van der Waals surface area contributed by atoms with E-state index in [1.165, 1.54) is 10.9 Å². The van der Waals surface area contributed by atoms with Crippen molar-refractivity contribution in [2.45, 2.75) is 51.1 Å². The molecule has 1 aromatic heterocycles. The molecule has 0 radical (unpaired) electrons. The molecule has 1 aliphatic rings. The summed E-state index contributed by atoms with van der Waals surface area (Å²) < 4.78 is 0. The highest BCUT2D eigenvalue weighted by Crippen LogP contribution is 2.34. The van der Waals surface area contributed by atoms with Crippen LogP contribution in [0.5, 0.6) is 0 Å². The third-order valence-corrected chi connectivity index (χ3v) is 4.86. The molecular formula is C19H24N2O2. The number of pyridine rings is 1. The molecule has 1 N–H and O–H groups in total. The fourth-order valence-corrected chi connectivity index (χ4v) is 3.66. The van der Waals surface area contributed by atoms with Gasteiger partial charge < -0.3 is 5.11 Å². The summed E-state index contributed by atoms with van der Waals surface area (Å²) in [6.45, 7) is 3.06. The Morgan fingerprint density at radius 2 is 2.26 bits per heavy atom. The highest BCUT2D eigenvalue weighted by molar-refractivity contribution is 5.82. The minimum absolute atomic E-state index is 0.191. The van der Waals surface area contributed by atoms with E-state index in [-0.39, 0.29) is 12.1 Å². The zero-order valence-electron chi connectivity index (χ0n) is 13.6. The van der Waals surface area contributed by atoms with Crippen LogP contribution in [0.3, 0.4) is 0 Å². The standard InChI is InChI=1S/C19H24N2O2/c1-2-3-5-17(21-11-4-6-18(21)19(22)23)15-7-8-16-13-20-10-9-14(16)12-15/h7-10,12-13,17-18H,2-6,11H2,1H3,(H,22,23). The normalized spacial score (nSPS) is 20.0. The molecule has 122 valence electrons. The van der Waals surface area contributed by atoms with Crippen LogP contribution in [0.4, 0.5) is 0 Å². The fourth-order valence-electron chi connectivity index (χ4n) is 3.66. The second kappa shape index (κ2) is 7.09. The van der Waals surface area contributed by atoms with Gasteiger partial charge in [-0.3, -0.25) is 14.7 Å². The van der Waals surface area contributed by atoms with Crippen molar-refractivity contribution in [3.8, 4) is 0 Å². The lowest BCUT2D eigenvalue weighted by atomic mass is 9.96. The van der Waals surface area contributed by atoms with Crippen LogP contribution in [0.2, 0.25) is 0 Å². The molecule has 0 saturated carbocycles. The van der Waals surface area contributed by atoms with Crippen molar-refractivity contribution < 1.29 is 9.90 Å².